The van der Waals surface area contributed by atoms with E-state index < -0.39 is 0 Å². The minimum Gasteiger partial charge on any atom is -0.452 e. The molecule has 3 heterocycles. The van der Waals surface area contributed by atoms with Crippen LogP contribution >= 0.6 is 11.3 Å². The average molecular weight is 273 g/mol. The SMILES string of the molecule is C[C@@H](OC(=O)c1ccn2cncc2c1)c1nccs1. The topological polar surface area (TPSA) is 56.5 Å². The van der Waals surface area contributed by atoms with Crippen molar-refractivity contribution < 1.29 is 9.53 Å². The molecule has 0 aliphatic rings. The van der Waals surface area contributed by atoms with Gasteiger partial charge < -0.3 is 9.14 Å². The van der Waals surface area contributed by atoms with Gasteiger partial charge in [0.25, 0.3) is 0 Å². The number of thiazole rings is 1. The molecular formula is C13H11N3O2S. The number of esters is 1. The van der Waals surface area contributed by atoms with Crippen LogP contribution in [-0.4, -0.2) is 20.3 Å². The maximum atomic E-state index is 12.0. The summed E-state index contributed by atoms with van der Waals surface area (Å²) in [6, 6.07) is 3.47. The van der Waals surface area contributed by atoms with Crippen LogP contribution in [0.4, 0.5) is 0 Å². The van der Waals surface area contributed by atoms with E-state index in [1.165, 1.54) is 11.3 Å². The summed E-state index contributed by atoms with van der Waals surface area (Å²) in [4.78, 5) is 20.2. The highest BCUT2D eigenvalue weighted by Crippen LogP contribution is 2.20. The van der Waals surface area contributed by atoms with Crippen LogP contribution in [0.5, 0.6) is 0 Å². The number of imidazole rings is 1. The number of rotatable bonds is 3. The molecule has 0 N–H and O–H groups in total. The Balaban J connectivity index is 1.79. The average Bonchev–Trinajstić information content (AvgIpc) is 3.09. The summed E-state index contributed by atoms with van der Waals surface area (Å²) in [5, 5.41) is 2.65. The fourth-order valence-corrected chi connectivity index (χ4v) is 2.38. The summed E-state index contributed by atoms with van der Waals surface area (Å²) in [6.07, 6.45) is 6.52. The summed E-state index contributed by atoms with van der Waals surface area (Å²) < 4.78 is 7.22. The van der Waals surface area contributed by atoms with E-state index in [9.17, 15) is 4.79 Å². The number of carbonyl (C=O) groups is 1. The van der Waals surface area contributed by atoms with Gasteiger partial charge in [-0.25, -0.2) is 14.8 Å². The molecule has 0 amide bonds. The molecule has 96 valence electrons. The zero-order valence-corrected chi connectivity index (χ0v) is 11.0. The van der Waals surface area contributed by atoms with Gasteiger partial charge in [-0.3, -0.25) is 0 Å². The van der Waals surface area contributed by atoms with E-state index in [2.05, 4.69) is 9.97 Å². The minimum absolute atomic E-state index is 0.339. The number of hydrogen-bond donors (Lipinski definition) is 0. The Morgan fingerprint density at radius 3 is 3.21 bits per heavy atom. The predicted molar refractivity (Wildman–Crippen MR) is 71.1 cm³/mol. The van der Waals surface area contributed by atoms with Crippen LogP contribution in [0.1, 0.15) is 28.4 Å². The number of pyridine rings is 1. The standard InChI is InChI=1S/C13H11N3O2S/c1-9(12-15-3-5-19-12)18-13(17)10-2-4-16-8-14-7-11(16)6-10/h2-9H,1H3/t9-/m1/s1. The highest BCUT2D eigenvalue weighted by atomic mass is 32.1. The summed E-state index contributed by atoms with van der Waals surface area (Å²) in [6.45, 7) is 1.81. The van der Waals surface area contributed by atoms with Crippen molar-refractivity contribution in [2.45, 2.75) is 13.0 Å². The summed E-state index contributed by atoms with van der Waals surface area (Å²) >= 11 is 1.47. The molecule has 0 aromatic carbocycles. The molecule has 0 fully saturated rings. The molecule has 0 saturated carbocycles. The third-order valence-electron chi connectivity index (χ3n) is 2.73. The van der Waals surface area contributed by atoms with Crippen LogP contribution in [0, 0.1) is 0 Å². The number of aromatic nitrogens is 3. The molecule has 6 heteroatoms. The normalized spacial score (nSPS) is 12.5. The van der Waals surface area contributed by atoms with Crippen LogP contribution in [-0.2, 0) is 4.74 Å². The molecule has 0 saturated heterocycles. The van der Waals surface area contributed by atoms with Gasteiger partial charge in [-0.05, 0) is 19.1 Å². The first-order chi connectivity index (χ1) is 9.24. The lowest BCUT2D eigenvalue weighted by Gasteiger charge is -2.10. The number of ether oxygens (including phenoxy) is 1. The molecule has 3 aromatic rings. The first-order valence-corrected chi connectivity index (χ1v) is 6.64. The Morgan fingerprint density at radius 2 is 2.42 bits per heavy atom. The van der Waals surface area contributed by atoms with Crippen LogP contribution in [0.25, 0.3) is 5.52 Å². The number of nitrogens with zero attached hydrogens (tertiary/aromatic N) is 3. The van der Waals surface area contributed by atoms with Gasteiger partial charge in [0.2, 0.25) is 0 Å². The van der Waals surface area contributed by atoms with Crippen molar-refractivity contribution in [2.24, 2.45) is 0 Å². The minimum atomic E-state index is -0.355. The molecule has 0 bridgehead atoms. The Bertz CT molecular complexity index is 706. The van der Waals surface area contributed by atoms with Gasteiger partial charge in [-0.1, -0.05) is 0 Å². The van der Waals surface area contributed by atoms with Crippen molar-refractivity contribution in [3.63, 3.8) is 0 Å². The van der Waals surface area contributed by atoms with Crippen LogP contribution < -0.4 is 0 Å². The van der Waals surface area contributed by atoms with Gasteiger partial charge >= 0.3 is 5.97 Å². The van der Waals surface area contributed by atoms with Crippen LogP contribution in [0.3, 0.4) is 0 Å². The number of hydrogen-bond acceptors (Lipinski definition) is 5. The third-order valence-corrected chi connectivity index (χ3v) is 3.67. The quantitative estimate of drug-likeness (QED) is 0.688. The molecule has 0 unspecified atom stereocenters. The fourth-order valence-electron chi connectivity index (χ4n) is 1.76. The van der Waals surface area contributed by atoms with Crippen molar-refractivity contribution in [3.05, 3.63) is 53.0 Å². The van der Waals surface area contributed by atoms with Crippen molar-refractivity contribution in [1.29, 1.82) is 0 Å². The Labute approximate surface area is 113 Å². The van der Waals surface area contributed by atoms with E-state index in [1.54, 1.807) is 37.1 Å². The first kappa shape index (κ1) is 11.9. The molecule has 0 spiro atoms. The lowest BCUT2D eigenvalue weighted by molar-refractivity contribution is 0.0337. The molecule has 19 heavy (non-hydrogen) atoms. The van der Waals surface area contributed by atoms with Crippen molar-refractivity contribution in [3.8, 4) is 0 Å². The van der Waals surface area contributed by atoms with E-state index in [-0.39, 0.29) is 12.1 Å². The van der Waals surface area contributed by atoms with Crippen molar-refractivity contribution >= 4 is 22.8 Å². The summed E-state index contributed by atoms with van der Waals surface area (Å²) in [5.74, 6) is -0.355. The van der Waals surface area contributed by atoms with Crippen LogP contribution in [0.15, 0.2) is 42.4 Å². The largest absolute Gasteiger partial charge is 0.452 e. The van der Waals surface area contributed by atoms with Gasteiger partial charge in [-0.15, -0.1) is 11.3 Å². The van der Waals surface area contributed by atoms with E-state index in [1.807, 2.05) is 16.7 Å². The fraction of sp³-hybridized carbons (Fsp3) is 0.154. The zero-order valence-electron chi connectivity index (χ0n) is 10.2. The van der Waals surface area contributed by atoms with Crippen LogP contribution in [0.2, 0.25) is 0 Å². The van der Waals surface area contributed by atoms with E-state index in [0.29, 0.717) is 5.56 Å². The second-order valence-corrected chi connectivity index (χ2v) is 4.99. The monoisotopic (exact) mass is 273 g/mol. The Kier molecular flexibility index (Phi) is 3.00. The maximum Gasteiger partial charge on any atom is 0.338 e. The first-order valence-electron chi connectivity index (χ1n) is 5.76. The molecule has 0 aliphatic carbocycles. The van der Waals surface area contributed by atoms with Gasteiger partial charge in [0.15, 0.2) is 6.10 Å². The molecule has 0 radical (unpaired) electrons. The zero-order chi connectivity index (χ0) is 13.2. The van der Waals surface area contributed by atoms with Crippen molar-refractivity contribution in [2.75, 3.05) is 0 Å². The van der Waals surface area contributed by atoms with Crippen molar-refractivity contribution in [1.82, 2.24) is 14.4 Å². The maximum absolute atomic E-state index is 12.0. The smallest absolute Gasteiger partial charge is 0.338 e. The molecular weight excluding hydrogens is 262 g/mol. The molecule has 5 nitrogen and oxygen atoms in total. The predicted octanol–water partition coefficient (Wildman–Crippen LogP) is 2.71. The second kappa shape index (κ2) is 4.81. The second-order valence-electron chi connectivity index (χ2n) is 4.06. The lowest BCUT2D eigenvalue weighted by atomic mass is 10.2. The Morgan fingerprint density at radius 1 is 1.53 bits per heavy atom. The third kappa shape index (κ3) is 2.34. The lowest BCUT2D eigenvalue weighted by Crippen LogP contribution is -2.09. The molecule has 3 rings (SSSR count). The summed E-state index contributed by atoms with van der Waals surface area (Å²) in [7, 11) is 0. The van der Waals surface area contributed by atoms with E-state index in [4.69, 9.17) is 4.74 Å². The number of fused-ring (bicyclic) bond motifs is 1. The van der Waals surface area contributed by atoms with Gasteiger partial charge in [0.1, 0.15) is 5.01 Å². The molecule has 3 aromatic heterocycles. The van der Waals surface area contributed by atoms with E-state index >= 15 is 0 Å². The molecule has 1 atom stereocenters. The van der Waals surface area contributed by atoms with Gasteiger partial charge in [0.05, 0.1) is 23.6 Å². The highest BCUT2D eigenvalue weighted by Gasteiger charge is 2.15. The molecule has 0 aliphatic heterocycles. The Hall–Kier alpha value is -2.21. The summed E-state index contributed by atoms with van der Waals surface area (Å²) in [5.41, 5.74) is 1.37. The van der Waals surface area contributed by atoms with Gasteiger partial charge in [-0.2, -0.15) is 0 Å². The highest BCUT2D eigenvalue weighted by molar-refractivity contribution is 7.09. The van der Waals surface area contributed by atoms with Gasteiger partial charge in [0, 0.05) is 17.8 Å². The van der Waals surface area contributed by atoms with E-state index in [0.717, 1.165) is 10.5 Å². The number of carbonyl (C=O) groups excluding carboxylic acids is 1.